The molecular weight excluding hydrogens is 548 g/mol. The summed E-state index contributed by atoms with van der Waals surface area (Å²) >= 11 is 0. The van der Waals surface area contributed by atoms with Crippen molar-refractivity contribution in [3.8, 4) is 0 Å². The van der Waals surface area contributed by atoms with Gasteiger partial charge in [0.2, 0.25) is 0 Å². The minimum Gasteiger partial charge on any atom is -0.457 e. The van der Waals surface area contributed by atoms with Gasteiger partial charge in [-0.2, -0.15) is 0 Å². The average molecular weight is 599 g/mol. The van der Waals surface area contributed by atoms with Gasteiger partial charge in [-0.1, -0.05) is 46.0 Å². The minimum atomic E-state index is -1.69. The van der Waals surface area contributed by atoms with E-state index in [0.717, 1.165) is 19.3 Å². The summed E-state index contributed by atoms with van der Waals surface area (Å²) in [7, 11) is 0. The highest BCUT2D eigenvalue weighted by atomic mass is 16.7. The summed E-state index contributed by atoms with van der Waals surface area (Å²) in [5, 5.41) is 70.6. The van der Waals surface area contributed by atoms with Crippen LogP contribution in [0, 0.1) is 0 Å². The smallest absolute Gasteiger partial charge is 0.306 e. The fourth-order valence-electron chi connectivity index (χ4n) is 4.55. The van der Waals surface area contributed by atoms with Crippen LogP contribution in [-0.4, -0.2) is 142 Å². The van der Waals surface area contributed by atoms with Crippen LogP contribution in [0.25, 0.3) is 0 Å². The molecule has 242 valence electrons. The molecule has 2 fully saturated rings. The molecule has 2 aliphatic rings. The quantitative estimate of drug-likeness (QED) is 0.0681. The van der Waals surface area contributed by atoms with Crippen LogP contribution in [0.2, 0.25) is 0 Å². The minimum absolute atomic E-state index is 0.0576. The molecule has 2 heterocycles. The van der Waals surface area contributed by atoms with Crippen LogP contribution in [0.1, 0.15) is 65.2 Å². The van der Waals surface area contributed by atoms with Crippen LogP contribution in [0.5, 0.6) is 0 Å². The highest BCUT2D eigenvalue weighted by Crippen LogP contribution is 2.26. The second-order valence-electron chi connectivity index (χ2n) is 10.6. The van der Waals surface area contributed by atoms with Gasteiger partial charge in [0.1, 0.15) is 54.9 Å². The lowest BCUT2D eigenvalue weighted by atomic mass is 9.98. The summed E-state index contributed by atoms with van der Waals surface area (Å²) in [5.41, 5.74) is 0. The second kappa shape index (κ2) is 19.3. The number of hydrogen-bond donors (Lipinski definition) is 7. The number of ether oxygens (including phenoxy) is 6. The molecule has 0 spiro atoms. The zero-order valence-corrected chi connectivity index (χ0v) is 24.0. The summed E-state index contributed by atoms with van der Waals surface area (Å²) in [6, 6.07) is 0. The van der Waals surface area contributed by atoms with E-state index in [4.69, 9.17) is 28.4 Å². The molecular formula is C27H50O14. The average Bonchev–Trinajstić information content (AvgIpc) is 2.95. The van der Waals surface area contributed by atoms with Gasteiger partial charge in [-0.25, -0.2) is 0 Å². The molecule has 2 aliphatic heterocycles. The van der Waals surface area contributed by atoms with Crippen molar-refractivity contribution in [3.63, 3.8) is 0 Å². The Hall–Kier alpha value is -1.01. The lowest BCUT2D eigenvalue weighted by Gasteiger charge is -2.42. The molecule has 0 bridgehead atoms. The maximum absolute atomic E-state index is 12.1. The van der Waals surface area contributed by atoms with Crippen molar-refractivity contribution in [2.75, 3.05) is 33.0 Å². The van der Waals surface area contributed by atoms with E-state index in [1.54, 1.807) is 0 Å². The number of aliphatic hydroxyl groups excluding tert-OH is 7. The fraction of sp³-hybridized carbons (Fsp3) is 0.963. The van der Waals surface area contributed by atoms with Gasteiger partial charge in [-0.15, -0.1) is 0 Å². The highest BCUT2D eigenvalue weighted by Gasteiger charge is 2.47. The van der Waals surface area contributed by atoms with Gasteiger partial charge >= 0.3 is 5.97 Å². The second-order valence-corrected chi connectivity index (χ2v) is 10.6. The van der Waals surface area contributed by atoms with Crippen LogP contribution < -0.4 is 0 Å². The molecule has 0 saturated carbocycles. The maximum atomic E-state index is 12.1. The third-order valence-corrected chi connectivity index (χ3v) is 7.09. The fourth-order valence-corrected chi connectivity index (χ4v) is 4.55. The Morgan fingerprint density at radius 2 is 1.29 bits per heavy atom. The van der Waals surface area contributed by atoms with Crippen LogP contribution in [0.4, 0.5) is 0 Å². The van der Waals surface area contributed by atoms with E-state index in [9.17, 15) is 40.5 Å². The van der Waals surface area contributed by atoms with Gasteiger partial charge in [0.15, 0.2) is 12.6 Å². The Bertz CT molecular complexity index is 712. The van der Waals surface area contributed by atoms with E-state index in [-0.39, 0.29) is 19.6 Å². The third-order valence-electron chi connectivity index (χ3n) is 7.09. The maximum Gasteiger partial charge on any atom is 0.306 e. The number of carbonyl (C=O) groups excluding carboxylic acids is 1. The third kappa shape index (κ3) is 11.5. The molecule has 11 unspecified atom stereocenters. The normalized spacial score (nSPS) is 34.9. The molecule has 2 saturated heterocycles. The van der Waals surface area contributed by atoms with Crippen LogP contribution in [-0.2, 0) is 33.2 Å². The van der Waals surface area contributed by atoms with E-state index >= 15 is 0 Å². The van der Waals surface area contributed by atoms with Crippen molar-refractivity contribution in [3.05, 3.63) is 0 Å². The molecule has 0 aromatic heterocycles. The molecule has 14 heteroatoms. The molecule has 0 aromatic carbocycles. The zero-order valence-electron chi connectivity index (χ0n) is 24.0. The first kappa shape index (κ1) is 36.2. The molecule has 0 radical (unpaired) electrons. The summed E-state index contributed by atoms with van der Waals surface area (Å²) in [6.07, 6.45) is -8.70. The number of esters is 1. The van der Waals surface area contributed by atoms with Gasteiger partial charge < -0.3 is 64.2 Å². The van der Waals surface area contributed by atoms with Gasteiger partial charge in [-0.3, -0.25) is 4.79 Å². The first-order valence-electron chi connectivity index (χ1n) is 14.6. The van der Waals surface area contributed by atoms with Crippen molar-refractivity contribution in [2.45, 2.75) is 133 Å². The van der Waals surface area contributed by atoms with E-state index in [2.05, 4.69) is 6.92 Å². The molecule has 0 amide bonds. The molecule has 14 nitrogen and oxygen atoms in total. The lowest BCUT2D eigenvalue weighted by molar-refractivity contribution is -0.332. The topological polar surface area (TPSA) is 214 Å². The molecule has 11 atom stereocenters. The van der Waals surface area contributed by atoms with Gasteiger partial charge in [-0.05, 0) is 12.8 Å². The largest absolute Gasteiger partial charge is 0.457 e. The van der Waals surface area contributed by atoms with Crippen molar-refractivity contribution in [1.82, 2.24) is 0 Å². The molecule has 0 aliphatic carbocycles. The number of hydrogen-bond acceptors (Lipinski definition) is 14. The van der Waals surface area contributed by atoms with Gasteiger partial charge in [0.05, 0.1) is 26.4 Å². The summed E-state index contributed by atoms with van der Waals surface area (Å²) in [6.45, 7) is 3.18. The number of aliphatic hydroxyl groups is 7. The van der Waals surface area contributed by atoms with Gasteiger partial charge in [0.25, 0.3) is 0 Å². The van der Waals surface area contributed by atoms with Crippen molar-refractivity contribution in [1.29, 1.82) is 0 Å². The van der Waals surface area contributed by atoms with Crippen LogP contribution >= 0.6 is 0 Å². The number of carbonyl (C=O) groups is 1. The molecule has 41 heavy (non-hydrogen) atoms. The van der Waals surface area contributed by atoms with Crippen molar-refractivity contribution >= 4 is 5.97 Å². The Balaban J connectivity index is 1.91. The molecule has 0 aromatic rings. The lowest BCUT2D eigenvalue weighted by Crippen LogP contribution is -2.61. The SMILES string of the molecule is CCCCCCCCOCC(COC1OC(COC2OC(CO)C(O)C(O)C2O)C(O)C(O)C1O)OC(=O)CCC. The monoisotopic (exact) mass is 598 g/mol. The molecule has 2 rings (SSSR count). The van der Waals surface area contributed by atoms with Crippen molar-refractivity contribution in [2.24, 2.45) is 0 Å². The van der Waals surface area contributed by atoms with Crippen molar-refractivity contribution < 1.29 is 69.0 Å². The Kier molecular flexibility index (Phi) is 17.0. The Morgan fingerprint density at radius 3 is 1.93 bits per heavy atom. The summed E-state index contributed by atoms with van der Waals surface area (Å²) in [4.78, 5) is 12.1. The van der Waals surface area contributed by atoms with E-state index in [1.165, 1.54) is 19.3 Å². The van der Waals surface area contributed by atoms with E-state index in [1.807, 2.05) is 6.92 Å². The zero-order chi connectivity index (χ0) is 30.4. The number of unbranched alkanes of at least 4 members (excludes halogenated alkanes) is 5. The highest BCUT2D eigenvalue weighted by molar-refractivity contribution is 5.69. The Labute approximate surface area is 241 Å². The predicted molar refractivity (Wildman–Crippen MR) is 141 cm³/mol. The van der Waals surface area contributed by atoms with E-state index in [0.29, 0.717) is 13.0 Å². The Morgan fingerprint density at radius 1 is 0.707 bits per heavy atom. The molecule has 7 N–H and O–H groups in total. The first-order chi connectivity index (χ1) is 19.6. The van der Waals surface area contributed by atoms with Gasteiger partial charge in [0, 0.05) is 13.0 Å². The van der Waals surface area contributed by atoms with Crippen LogP contribution in [0.15, 0.2) is 0 Å². The predicted octanol–water partition coefficient (Wildman–Crippen LogP) is -1.28. The van der Waals surface area contributed by atoms with E-state index < -0.39 is 86.7 Å². The standard InChI is InChI=1S/C27H50O14/c1-3-5-6-7-8-9-11-36-13-16(39-19(29)10-4-2)14-37-26-25(35)23(33)21(31)18(41-26)15-38-27-24(34)22(32)20(30)17(12-28)40-27/h16-18,20-28,30-35H,3-15H2,1-2H3. The van der Waals surface area contributed by atoms with Crippen LogP contribution in [0.3, 0.4) is 0 Å². The first-order valence-corrected chi connectivity index (χ1v) is 14.6. The summed E-state index contributed by atoms with van der Waals surface area (Å²) in [5.74, 6) is -0.435. The summed E-state index contributed by atoms with van der Waals surface area (Å²) < 4.78 is 33.1. The number of rotatable bonds is 19.